The van der Waals surface area contributed by atoms with Crippen LogP contribution in [0, 0.1) is 5.92 Å². The first-order valence-corrected chi connectivity index (χ1v) is 13.8. The number of likely N-dealkylation sites (tertiary alicyclic amines) is 1. The lowest BCUT2D eigenvalue weighted by Gasteiger charge is -2.34. The van der Waals surface area contributed by atoms with Crippen molar-refractivity contribution in [1.82, 2.24) is 19.4 Å². The molecule has 5 heterocycles. The van der Waals surface area contributed by atoms with Gasteiger partial charge in [-0.15, -0.1) is 11.3 Å². The topological polar surface area (TPSA) is 69.2 Å². The van der Waals surface area contributed by atoms with Gasteiger partial charge in [0.05, 0.1) is 15.7 Å². The maximum absolute atomic E-state index is 6.50. The summed E-state index contributed by atoms with van der Waals surface area (Å²) < 4.78 is 9.41. The van der Waals surface area contributed by atoms with E-state index < -0.39 is 0 Å². The molecule has 7 heteroatoms. The number of unbranched alkanes of at least 4 members (excludes halogenated alkanes) is 1. The molecule has 180 valence electrons. The van der Waals surface area contributed by atoms with Gasteiger partial charge in [0.2, 0.25) is 0 Å². The molecule has 5 rings (SSSR count). The number of nitrogen functional groups attached to an aromatic ring is 1. The highest BCUT2D eigenvalue weighted by molar-refractivity contribution is 7.20. The van der Waals surface area contributed by atoms with Gasteiger partial charge in [0.25, 0.3) is 0 Å². The van der Waals surface area contributed by atoms with E-state index in [0.717, 1.165) is 56.5 Å². The van der Waals surface area contributed by atoms with Crippen molar-refractivity contribution in [2.24, 2.45) is 5.92 Å². The SMILES string of the molecule is CCCCc1nc2c(N)nc3cc(C4CCN(C(C)C)CC4)sc3c2n1CC1CCOCC1. The summed E-state index contributed by atoms with van der Waals surface area (Å²) in [5.74, 6) is 3.03. The zero-order chi connectivity index (χ0) is 22.9. The van der Waals surface area contributed by atoms with Gasteiger partial charge >= 0.3 is 0 Å². The average molecular weight is 470 g/mol. The van der Waals surface area contributed by atoms with Gasteiger partial charge in [-0.25, -0.2) is 9.97 Å². The number of rotatable bonds is 7. The van der Waals surface area contributed by atoms with E-state index in [1.807, 2.05) is 11.3 Å². The molecule has 2 aliphatic heterocycles. The van der Waals surface area contributed by atoms with E-state index in [0.29, 0.717) is 23.7 Å². The molecule has 0 amide bonds. The van der Waals surface area contributed by atoms with Gasteiger partial charge in [0, 0.05) is 37.1 Å². The first-order valence-electron chi connectivity index (χ1n) is 12.9. The van der Waals surface area contributed by atoms with Crippen LogP contribution >= 0.6 is 11.3 Å². The van der Waals surface area contributed by atoms with Crippen LogP contribution in [0.5, 0.6) is 0 Å². The van der Waals surface area contributed by atoms with Gasteiger partial charge in [0.1, 0.15) is 11.3 Å². The molecule has 6 nitrogen and oxygen atoms in total. The van der Waals surface area contributed by atoms with E-state index in [1.54, 1.807) is 0 Å². The number of imidazole rings is 1. The van der Waals surface area contributed by atoms with E-state index in [2.05, 4.69) is 36.3 Å². The minimum atomic E-state index is 0.583. The Morgan fingerprint density at radius 3 is 2.61 bits per heavy atom. The Hall–Kier alpha value is -1.70. The molecule has 0 atom stereocenters. The Labute approximate surface area is 201 Å². The van der Waals surface area contributed by atoms with Gasteiger partial charge in [-0.2, -0.15) is 0 Å². The summed E-state index contributed by atoms with van der Waals surface area (Å²) in [5, 5.41) is 0. The smallest absolute Gasteiger partial charge is 0.152 e. The molecule has 0 saturated carbocycles. The molecular weight excluding hydrogens is 430 g/mol. The van der Waals surface area contributed by atoms with Crippen molar-refractivity contribution in [1.29, 1.82) is 0 Å². The maximum Gasteiger partial charge on any atom is 0.152 e. The van der Waals surface area contributed by atoms with Gasteiger partial charge in [-0.3, -0.25) is 0 Å². The molecule has 0 aliphatic carbocycles. The standard InChI is InChI=1S/C26H39N5OS/c1-4-5-6-22-29-23-24(31(22)16-18-9-13-32-14-10-18)25-20(28-26(23)27)15-21(33-25)19-7-11-30(12-8-19)17(2)3/h15,17-19H,4-14,16H2,1-3H3,(H2,27,28). The highest BCUT2D eigenvalue weighted by Crippen LogP contribution is 2.40. The van der Waals surface area contributed by atoms with Crippen molar-refractivity contribution in [2.45, 2.75) is 84.2 Å². The van der Waals surface area contributed by atoms with Crippen LogP contribution < -0.4 is 5.73 Å². The van der Waals surface area contributed by atoms with Gasteiger partial charge < -0.3 is 19.9 Å². The van der Waals surface area contributed by atoms with Crippen molar-refractivity contribution in [3.05, 3.63) is 16.8 Å². The minimum Gasteiger partial charge on any atom is -0.382 e. The Balaban J connectivity index is 1.54. The molecule has 2 N–H and O–H groups in total. The van der Waals surface area contributed by atoms with Crippen molar-refractivity contribution < 1.29 is 4.74 Å². The molecule has 2 aliphatic rings. The highest BCUT2D eigenvalue weighted by atomic mass is 32.1. The lowest BCUT2D eigenvalue weighted by molar-refractivity contribution is 0.0613. The zero-order valence-corrected chi connectivity index (χ0v) is 21.3. The quantitative estimate of drug-likeness (QED) is 0.489. The van der Waals surface area contributed by atoms with E-state index in [-0.39, 0.29) is 0 Å². The predicted octanol–water partition coefficient (Wildman–Crippen LogP) is 5.59. The molecule has 0 aromatic carbocycles. The fourth-order valence-corrected chi connectivity index (χ4v) is 6.88. The molecule has 3 aromatic rings. The normalized spacial score (nSPS) is 19.4. The monoisotopic (exact) mass is 469 g/mol. The van der Waals surface area contributed by atoms with Crippen LogP contribution in [0.15, 0.2) is 6.07 Å². The second-order valence-electron chi connectivity index (χ2n) is 10.3. The number of aryl methyl sites for hydroxylation is 1. The highest BCUT2D eigenvalue weighted by Gasteiger charge is 2.26. The molecule has 0 unspecified atom stereocenters. The Morgan fingerprint density at radius 2 is 1.91 bits per heavy atom. The molecule has 33 heavy (non-hydrogen) atoms. The number of piperidine rings is 1. The molecule has 0 spiro atoms. The van der Waals surface area contributed by atoms with Crippen LogP contribution in [-0.2, 0) is 17.7 Å². The fourth-order valence-electron chi connectivity index (χ4n) is 5.55. The van der Waals surface area contributed by atoms with Gasteiger partial charge in [0.15, 0.2) is 5.82 Å². The maximum atomic E-state index is 6.50. The number of ether oxygens (including phenoxy) is 1. The zero-order valence-electron chi connectivity index (χ0n) is 20.5. The Bertz CT molecular complexity index is 1090. The molecule has 2 fully saturated rings. The number of hydrogen-bond donors (Lipinski definition) is 1. The van der Waals surface area contributed by atoms with E-state index in [1.165, 1.54) is 53.3 Å². The average Bonchev–Trinajstić information content (AvgIpc) is 3.40. The molecule has 3 aromatic heterocycles. The van der Waals surface area contributed by atoms with Gasteiger partial charge in [-0.1, -0.05) is 13.3 Å². The van der Waals surface area contributed by atoms with E-state index >= 15 is 0 Å². The van der Waals surface area contributed by atoms with Crippen LogP contribution in [0.25, 0.3) is 21.3 Å². The van der Waals surface area contributed by atoms with Gasteiger partial charge in [-0.05, 0) is 76.9 Å². The lowest BCUT2D eigenvalue weighted by atomic mass is 9.94. The number of fused-ring (bicyclic) bond motifs is 3. The number of aromatic nitrogens is 3. The number of hydrogen-bond acceptors (Lipinski definition) is 6. The van der Waals surface area contributed by atoms with E-state index in [4.69, 9.17) is 20.4 Å². The van der Waals surface area contributed by atoms with Crippen LogP contribution in [0.4, 0.5) is 5.82 Å². The summed E-state index contributed by atoms with van der Waals surface area (Å²) in [6.45, 7) is 12.0. The van der Waals surface area contributed by atoms with Crippen LogP contribution in [-0.4, -0.2) is 51.8 Å². The Kier molecular flexibility index (Phi) is 6.91. The van der Waals surface area contributed by atoms with Crippen molar-refractivity contribution in [2.75, 3.05) is 32.0 Å². The van der Waals surface area contributed by atoms with Crippen LogP contribution in [0.1, 0.15) is 75.9 Å². The van der Waals surface area contributed by atoms with Crippen molar-refractivity contribution >= 4 is 38.4 Å². The van der Waals surface area contributed by atoms with Crippen molar-refractivity contribution in [3.8, 4) is 0 Å². The third-order valence-electron chi connectivity index (χ3n) is 7.67. The number of thiophene rings is 1. The van der Waals surface area contributed by atoms with Crippen LogP contribution in [0.3, 0.4) is 0 Å². The second kappa shape index (κ2) is 9.88. The molecular formula is C26H39N5OS. The molecule has 0 radical (unpaired) electrons. The number of pyridine rings is 1. The first-order chi connectivity index (χ1) is 16.0. The summed E-state index contributed by atoms with van der Waals surface area (Å²) in [7, 11) is 0. The summed E-state index contributed by atoms with van der Waals surface area (Å²) in [5.41, 5.74) is 9.69. The number of nitrogens with two attached hydrogens (primary N) is 1. The lowest BCUT2D eigenvalue weighted by Crippen LogP contribution is -2.37. The minimum absolute atomic E-state index is 0.583. The number of nitrogens with zero attached hydrogens (tertiary/aromatic N) is 4. The van der Waals surface area contributed by atoms with Crippen molar-refractivity contribution in [3.63, 3.8) is 0 Å². The summed E-state index contributed by atoms with van der Waals surface area (Å²) in [6.07, 6.45) is 8.03. The second-order valence-corrected chi connectivity index (χ2v) is 11.3. The predicted molar refractivity (Wildman–Crippen MR) is 138 cm³/mol. The number of anilines is 1. The van der Waals surface area contributed by atoms with Crippen LogP contribution in [0.2, 0.25) is 0 Å². The largest absolute Gasteiger partial charge is 0.382 e. The summed E-state index contributed by atoms with van der Waals surface area (Å²) in [4.78, 5) is 14.0. The van der Waals surface area contributed by atoms with E-state index in [9.17, 15) is 0 Å². The first kappa shape index (κ1) is 23.1. The third kappa shape index (κ3) is 4.64. The Morgan fingerprint density at radius 1 is 1.15 bits per heavy atom. The third-order valence-corrected chi connectivity index (χ3v) is 8.97. The fraction of sp³-hybridized carbons (Fsp3) is 0.692. The molecule has 0 bridgehead atoms. The summed E-state index contributed by atoms with van der Waals surface area (Å²) in [6, 6.07) is 2.96. The summed E-state index contributed by atoms with van der Waals surface area (Å²) >= 11 is 1.94. The molecule has 2 saturated heterocycles.